The number of hydrogen-bond donors (Lipinski definition) is 1. The van der Waals surface area contributed by atoms with Crippen LogP contribution in [0.3, 0.4) is 0 Å². The summed E-state index contributed by atoms with van der Waals surface area (Å²) < 4.78 is 10.8. The molecule has 2 aromatic carbocycles. The van der Waals surface area contributed by atoms with Crippen molar-refractivity contribution in [2.75, 3.05) is 12.1 Å². The summed E-state index contributed by atoms with van der Waals surface area (Å²) in [5, 5.41) is 4.45. The molecule has 0 amide bonds. The van der Waals surface area contributed by atoms with Gasteiger partial charge in [-0.25, -0.2) is 9.97 Å². The Morgan fingerprint density at radius 2 is 1.87 bits per heavy atom. The first-order valence-electron chi connectivity index (χ1n) is 7.69. The molecule has 0 aliphatic carbocycles. The molecule has 0 radical (unpaired) electrons. The zero-order valence-corrected chi connectivity index (χ0v) is 12.9. The molecule has 0 bridgehead atoms. The first-order valence-corrected chi connectivity index (χ1v) is 7.69. The number of fused-ring (bicyclic) bond motifs is 2. The van der Waals surface area contributed by atoms with Gasteiger partial charge in [0, 0.05) is 11.9 Å². The lowest BCUT2D eigenvalue weighted by molar-refractivity contribution is 0.174. The second-order valence-corrected chi connectivity index (χ2v) is 5.47. The van der Waals surface area contributed by atoms with Gasteiger partial charge in [-0.1, -0.05) is 19.1 Å². The van der Waals surface area contributed by atoms with E-state index in [1.165, 1.54) is 5.56 Å². The quantitative estimate of drug-likeness (QED) is 0.799. The Labute approximate surface area is 134 Å². The summed E-state index contributed by atoms with van der Waals surface area (Å²) in [6, 6.07) is 12.3. The van der Waals surface area contributed by atoms with Gasteiger partial charge in [0.15, 0.2) is 11.5 Å². The fourth-order valence-corrected chi connectivity index (χ4v) is 2.70. The van der Waals surface area contributed by atoms with Gasteiger partial charge < -0.3 is 14.8 Å². The Kier molecular flexibility index (Phi) is 3.46. The lowest BCUT2D eigenvalue weighted by Crippen LogP contribution is -2.03. The summed E-state index contributed by atoms with van der Waals surface area (Å²) in [7, 11) is 0. The monoisotopic (exact) mass is 307 g/mol. The third-order valence-electron chi connectivity index (χ3n) is 4.00. The van der Waals surface area contributed by atoms with Crippen LogP contribution in [0.25, 0.3) is 10.9 Å². The molecule has 0 spiro atoms. The number of nitrogens with zero attached hydrogens (tertiary/aromatic N) is 2. The Bertz CT molecular complexity index is 864. The maximum Gasteiger partial charge on any atom is 0.231 e. The van der Waals surface area contributed by atoms with Crippen LogP contribution in [-0.2, 0) is 13.0 Å². The van der Waals surface area contributed by atoms with Crippen molar-refractivity contribution in [1.29, 1.82) is 0 Å². The fourth-order valence-electron chi connectivity index (χ4n) is 2.70. The van der Waals surface area contributed by atoms with Gasteiger partial charge in [-0.3, -0.25) is 0 Å². The maximum absolute atomic E-state index is 5.42. The molecule has 2 heterocycles. The lowest BCUT2D eigenvalue weighted by atomic mass is 10.1. The van der Waals surface area contributed by atoms with Gasteiger partial charge >= 0.3 is 0 Å². The minimum atomic E-state index is 0.294. The number of aromatic nitrogens is 2. The van der Waals surface area contributed by atoms with Crippen LogP contribution in [0, 0.1) is 0 Å². The highest BCUT2D eigenvalue weighted by Gasteiger charge is 2.13. The predicted molar refractivity (Wildman–Crippen MR) is 88.8 cm³/mol. The molecule has 116 valence electrons. The van der Waals surface area contributed by atoms with Crippen LogP contribution < -0.4 is 14.8 Å². The molecule has 1 aliphatic rings. The Morgan fingerprint density at radius 3 is 2.78 bits per heavy atom. The molecule has 1 aromatic heterocycles. The third kappa shape index (κ3) is 2.65. The molecular formula is C18H17N3O2. The highest BCUT2D eigenvalue weighted by Crippen LogP contribution is 2.32. The second-order valence-electron chi connectivity index (χ2n) is 5.47. The normalized spacial score (nSPS) is 12.6. The van der Waals surface area contributed by atoms with Crippen molar-refractivity contribution >= 4 is 16.7 Å². The van der Waals surface area contributed by atoms with E-state index in [-0.39, 0.29) is 0 Å². The highest BCUT2D eigenvalue weighted by atomic mass is 16.7. The van der Waals surface area contributed by atoms with Crippen LogP contribution in [0.15, 0.2) is 42.7 Å². The maximum atomic E-state index is 5.42. The number of hydrogen-bond acceptors (Lipinski definition) is 5. The van der Waals surface area contributed by atoms with Gasteiger partial charge in [0.2, 0.25) is 6.79 Å². The number of ether oxygens (including phenoxy) is 2. The second kappa shape index (κ2) is 5.76. The van der Waals surface area contributed by atoms with Crippen LogP contribution in [0.4, 0.5) is 5.82 Å². The summed E-state index contributed by atoms with van der Waals surface area (Å²) in [5.74, 6) is 2.45. The van der Waals surface area contributed by atoms with E-state index < -0.39 is 0 Å². The van der Waals surface area contributed by atoms with E-state index >= 15 is 0 Å². The average Bonchev–Trinajstić information content (AvgIpc) is 3.07. The minimum absolute atomic E-state index is 0.294. The third-order valence-corrected chi connectivity index (χ3v) is 4.00. The van der Waals surface area contributed by atoms with E-state index in [0.717, 1.165) is 40.2 Å². The highest BCUT2D eigenvalue weighted by molar-refractivity contribution is 5.89. The van der Waals surface area contributed by atoms with Gasteiger partial charge in [-0.2, -0.15) is 0 Å². The molecule has 1 N–H and O–H groups in total. The van der Waals surface area contributed by atoms with E-state index in [9.17, 15) is 0 Å². The summed E-state index contributed by atoms with van der Waals surface area (Å²) in [6.45, 7) is 3.10. The zero-order chi connectivity index (χ0) is 15.6. The van der Waals surface area contributed by atoms with Gasteiger partial charge in [-0.15, -0.1) is 0 Å². The molecule has 5 nitrogen and oxygen atoms in total. The van der Waals surface area contributed by atoms with Gasteiger partial charge in [0.25, 0.3) is 0 Å². The molecule has 0 unspecified atom stereocenters. The number of anilines is 1. The summed E-state index contributed by atoms with van der Waals surface area (Å²) in [6.07, 6.45) is 2.59. The van der Waals surface area contributed by atoms with Crippen LogP contribution >= 0.6 is 0 Å². The lowest BCUT2D eigenvalue weighted by Gasteiger charge is -2.10. The number of nitrogens with one attached hydrogen (secondary N) is 1. The smallest absolute Gasteiger partial charge is 0.231 e. The van der Waals surface area contributed by atoms with E-state index in [4.69, 9.17) is 9.47 Å². The molecule has 3 aromatic rings. The number of rotatable bonds is 4. The molecule has 0 fully saturated rings. The molecule has 0 atom stereocenters. The molecule has 1 aliphatic heterocycles. The van der Waals surface area contributed by atoms with Crippen LogP contribution in [0.5, 0.6) is 11.5 Å². The van der Waals surface area contributed by atoms with Crippen molar-refractivity contribution in [3.63, 3.8) is 0 Å². The SMILES string of the molecule is CCc1ccc2ncnc(NCc3ccc4c(c3)OCO4)c2c1. The standard InChI is InChI=1S/C18H17N3O2/c1-2-12-3-5-15-14(7-12)18(21-10-20-15)19-9-13-4-6-16-17(8-13)23-11-22-16/h3-8,10H,2,9,11H2,1H3,(H,19,20,21). The summed E-state index contributed by atoms with van der Waals surface area (Å²) in [4.78, 5) is 8.72. The van der Waals surface area contributed by atoms with Crippen molar-refractivity contribution in [2.45, 2.75) is 19.9 Å². The Morgan fingerprint density at radius 1 is 1.00 bits per heavy atom. The Balaban J connectivity index is 1.60. The molecule has 23 heavy (non-hydrogen) atoms. The van der Waals surface area contributed by atoms with E-state index in [1.807, 2.05) is 24.3 Å². The molecule has 5 heteroatoms. The van der Waals surface area contributed by atoms with Crippen molar-refractivity contribution in [2.24, 2.45) is 0 Å². The van der Waals surface area contributed by atoms with Crippen LogP contribution in [0.2, 0.25) is 0 Å². The van der Waals surface area contributed by atoms with Crippen molar-refractivity contribution in [1.82, 2.24) is 9.97 Å². The zero-order valence-electron chi connectivity index (χ0n) is 12.9. The van der Waals surface area contributed by atoms with Crippen molar-refractivity contribution < 1.29 is 9.47 Å². The number of aryl methyl sites for hydroxylation is 1. The molecule has 0 saturated heterocycles. The van der Waals surface area contributed by atoms with E-state index in [2.05, 4.69) is 34.3 Å². The first kappa shape index (κ1) is 13.8. The van der Waals surface area contributed by atoms with Crippen LogP contribution in [0.1, 0.15) is 18.1 Å². The summed E-state index contributed by atoms with van der Waals surface area (Å²) in [5.41, 5.74) is 3.34. The van der Waals surface area contributed by atoms with E-state index in [0.29, 0.717) is 13.3 Å². The average molecular weight is 307 g/mol. The minimum Gasteiger partial charge on any atom is -0.454 e. The molecule has 0 saturated carbocycles. The predicted octanol–water partition coefficient (Wildman–Crippen LogP) is 3.53. The Hall–Kier alpha value is -2.82. The van der Waals surface area contributed by atoms with Gasteiger partial charge in [-0.05, 0) is 41.8 Å². The fraction of sp³-hybridized carbons (Fsp3) is 0.222. The van der Waals surface area contributed by atoms with Gasteiger partial charge in [0.1, 0.15) is 12.1 Å². The topological polar surface area (TPSA) is 56.3 Å². The van der Waals surface area contributed by atoms with Crippen LogP contribution in [-0.4, -0.2) is 16.8 Å². The molecule has 4 rings (SSSR count). The number of benzene rings is 2. The largest absolute Gasteiger partial charge is 0.454 e. The summed E-state index contributed by atoms with van der Waals surface area (Å²) >= 11 is 0. The van der Waals surface area contributed by atoms with Crippen molar-refractivity contribution in [3.8, 4) is 11.5 Å². The van der Waals surface area contributed by atoms with Crippen molar-refractivity contribution in [3.05, 3.63) is 53.9 Å². The van der Waals surface area contributed by atoms with Gasteiger partial charge in [0.05, 0.1) is 5.52 Å². The van der Waals surface area contributed by atoms with E-state index in [1.54, 1.807) is 6.33 Å². The molecular weight excluding hydrogens is 290 g/mol. The first-order chi connectivity index (χ1) is 11.3.